The molecule has 0 saturated heterocycles. The molecule has 1 aliphatic rings. The Bertz CT molecular complexity index is 1270. The Morgan fingerprint density at radius 3 is 2.03 bits per heavy atom. The molecule has 0 fully saturated rings. The van der Waals surface area contributed by atoms with Crippen LogP contribution in [0.3, 0.4) is 0 Å². The number of aromatic nitrogens is 1. The number of rotatable bonds is 9. The van der Waals surface area contributed by atoms with Crippen molar-refractivity contribution >= 4 is 33.5 Å². The lowest BCUT2D eigenvalue weighted by Gasteiger charge is -2.28. The number of carboxylic acid groups (broad SMARTS) is 2. The van der Waals surface area contributed by atoms with Gasteiger partial charge in [0.25, 0.3) is 10.0 Å². The Balaban J connectivity index is 0.000000673. The van der Waals surface area contributed by atoms with Gasteiger partial charge in [0.05, 0.1) is 16.8 Å². The molecule has 0 aliphatic heterocycles. The zero-order chi connectivity index (χ0) is 29.5. The van der Waals surface area contributed by atoms with Crippen molar-refractivity contribution in [1.29, 1.82) is 0 Å². The summed E-state index contributed by atoms with van der Waals surface area (Å²) in [5, 5.41) is 16.9. The number of nitrogens with one attached hydrogen (secondary N) is 1. The van der Waals surface area contributed by atoms with Crippen LogP contribution >= 0.6 is 0 Å². The van der Waals surface area contributed by atoms with Crippen molar-refractivity contribution in [3.63, 3.8) is 0 Å². The first-order valence-electron chi connectivity index (χ1n) is 12.4. The Kier molecular flexibility index (Phi) is 10.7. The molecule has 13 heteroatoms. The van der Waals surface area contributed by atoms with E-state index in [2.05, 4.69) is 37.4 Å². The summed E-state index contributed by atoms with van der Waals surface area (Å²) in [4.78, 5) is 27.4. The maximum Gasteiger partial charge on any atom is 0.490 e. The van der Waals surface area contributed by atoms with Crippen LogP contribution in [0.5, 0.6) is 0 Å². The fraction of sp³-hybridized carbons (Fsp3) is 0.500. The predicted octanol–water partition coefficient (Wildman–Crippen LogP) is 5.21. The van der Waals surface area contributed by atoms with Crippen LogP contribution in [0.15, 0.2) is 35.4 Å². The van der Waals surface area contributed by atoms with E-state index >= 15 is 0 Å². The second-order valence-corrected chi connectivity index (χ2v) is 11.8. The van der Waals surface area contributed by atoms with E-state index in [9.17, 15) is 31.5 Å². The number of sulfonamides is 1. The molecule has 2 aromatic rings. The average molecular weight is 574 g/mol. The molecule has 3 rings (SSSR count). The van der Waals surface area contributed by atoms with E-state index in [0.717, 1.165) is 31.2 Å². The number of anilines is 2. The maximum absolute atomic E-state index is 13.0. The van der Waals surface area contributed by atoms with Crippen molar-refractivity contribution in [3.8, 4) is 0 Å². The first-order valence-corrected chi connectivity index (χ1v) is 13.9. The van der Waals surface area contributed by atoms with Crippen molar-refractivity contribution in [2.75, 3.05) is 22.7 Å². The number of halogens is 3. The number of hydrogen-bond donors (Lipinski definition) is 3. The number of hydrogen-bond acceptors (Lipinski definition) is 6. The monoisotopic (exact) mass is 573 g/mol. The Morgan fingerprint density at radius 1 is 1.00 bits per heavy atom. The highest BCUT2D eigenvalue weighted by Crippen LogP contribution is 2.27. The minimum absolute atomic E-state index is 0.0167. The SMILES string of the molecule is CC(C)CN(CC(C)C)c1ncc(NS(=O)(=O)c2ccc3c(c2)CCCC3)cc1C(=O)O.O=C(O)C(F)(F)F. The molecule has 0 saturated carbocycles. The number of fused-ring (bicyclic) bond motifs is 1. The van der Waals surface area contributed by atoms with Crippen LogP contribution in [0.4, 0.5) is 24.7 Å². The van der Waals surface area contributed by atoms with Crippen LogP contribution in [0.25, 0.3) is 0 Å². The fourth-order valence-corrected chi connectivity index (χ4v) is 5.23. The van der Waals surface area contributed by atoms with Crippen molar-refractivity contribution in [2.24, 2.45) is 11.8 Å². The zero-order valence-corrected chi connectivity index (χ0v) is 23.1. The lowest BCUT2D eigenvalue weighted by Crippen LogP contribution is -2.33. The van der Waals surface area contributed by atoms with E-state index in [1.54, 1.807) is 12.1 Å². The zero-order valence-electron chi connectivity index (χ0n) is 22.2. The summed E-state index contributed by atoms with van der Waals surface area (Å²) in [6.45, 7) is 9.57. The molecule has 1 aliphatic carbocycles. The molecule has 0 atom stereocenters. The highest BCUT2D eigenvalue weighted by Gasteiger charge is 2.38. The molecule has 1 heterocycles. The van der Waals surface area contributed by atoms with Crippen LogP contribution in [0.2, 0.25) is 0 Å². The van der Waals surface area contributed by atoms with Gasteiger partial charge in [0, 0.05) is 13.1 Å². The highest BCUT2D eigenvalue weighted by atomic mass is 32.2. The summed E-state index contributed by atoms with van der Waals surface area (Å²) in [6.07, 6.45) is 0.337. The molecule has 0 spiro atoms. The summed E-state index contributed by atoms with van der Waals surface area (Å²) in [5.74, 6) is -2.90. The quantitative estimate of drug-likeness (QED) is 0.372. The molecular weight excluding hydrogens is 539 g/mol. The number of carbonyl (C=O) groups is 2. The van der Waals surface area contributed by atoms with Gasteiger partial charge in [-0.3, -0.25) is 4.72 Å². The van der Waals surface area contributed by atoms with Gasteiger partial charge in [-0.25, -0.2) is 23.0 Å². The molecule has 0 amide bonds. The van der Waals surface area contributed by atoms with Crippen LogP contribution in [-0.2, 0) is 27.7 Å². The normalized spacial score (nSPS) is 13.4. The number of aliphatic carboxylic acids is 1. The van der Waals surface area contributed by atoms with Crippen molar-refractivity contribution in [3.05, 3.63) is 47.2 Å². The van der Waals surface area contributed by atoms with Gasteiger partial charge in [0.1, 0.15) is 11.4 Å². The molecule has 216 valence electrons. The van der Waals surface area contributed by atoms with Crippen LogP contribution in [-0.4, -0.2) is 54.8 Å². The van der Waals surface area contributed by atoms with Gasteiger partial charge >= 0.3 is 18.1 Å². The van der Waals surface area contributed by atoms with Gasteiger partial charge in [0.2, 0.25) is 0 Å². The molecule has 0 radical (unpaired) electrons. The summed E-state index contributed by atoms with van der Waals surface area (Å²) in [5.41, 5.74) is 2.39. The first-order chi connectivity index (χ1) is 18.0. The first kappa shape index (κ1) is 31.9. The number of alkyl halides is 3. The standard InChI is InChI=1S/C24H33N3O4S.C2HF3O2/c1-16(2)14-27(15-17(3)4)23-22(24(28)29)12-20(13-25-23)26-32(30,31)21-10-9-18-7-5-6-8-19(18)11-21;3-2(4,5)1(6)7/h9-13,16-17,26H,5-8,14-15H2,1-4H3,(H,28,29);(H,6,7). The second kappa shape index (κ2) is 13.1. The molecule has 1 aromatic heterocycles. The summed E-state index contributed by atoms with van der Waals surface area (Å²) in [6, 6.07) is 6.57. The van der Waals surface area contributed by atoms with Crippen LogP contribution in [0, 0.1) is 11.8 Å². The third-order valence-corrected chi connectivity index (χ3v) is 7.07. The molecule has 1 aromatic carbocycles. The van der Waals surface area contributed by atoms with Crippen LogP contribution < -0.4 is 9.62 Å². The van der Waals surface area contributed by atoms with E-state index in [1.165, 1.54) is 17.8 Å². The molecule has 0 bridgehead atoms. The molecule has 0 unspecified atom stereocenters. The summed E-state index contributed by atoms with van der Waals surface area (Å²) < 4.78 is 60.2. The average Bonchev–Trinajstić information content (AvgIpc) is 2.82. The van der Waals surface area contributed by atoms with Crippen LogP contribution in [0.1, 0.15) is 62.0 Å². The minimum Gasteiger partial charge on any atom is -0.478 e. The van der Waals surface area contributed by atoms with Crippen molar-refractivity contribution in [1.82, 2.24) is 4.98 Å². The van der Waals surface area contributed by atoms with Crippen molar-refractivity contribution < 1.29 is 41.4 Å². The van der Waals surface area contributed by atoms with E-state index in [1.807, 2.05) is 11.0 Å². The van der Waals surface area contributed by atoms with Gasteiger partial charge < -0.3 is 15.1 Å². The smallest absolute Gasteiger partial charge is 0.478 e. The Labute approximate surface area is 226 Å². The topological polar surface area (TPSA) is 137 Å². The third kappa shape index (κ3) is 9.41. The van der Waals surface area contributed by atoms with E-state index < -0.39 is 28.1 Å². The lowest BCUT2D eigenvalue weighted by atomic mass is 9.92. The fourth-order valence-electron chi connectivity index (χ4n) is 4.14. The largest absolute Gasteiger partial charge is 0.490 e. The lowest BCUT2D eigenvalue weighted by molar-refractivity contribution is -0.192. The number of carboxylic acids is 2. The molecule has 9 nitrogen and oxygen atoms in total. The maximum atomic E-state index is 13.0. The van der Waals surface area contributed by atoms with Crippen molar-refractivity contribution in [2.45, 2.75) is 64.5 Å². The summed E-state index contributed by atoms with van der Waals surface area (Å²) in [7, 11) is -3.86. The Morgan fingerprint density at radius 2 is 1.54 bits per heavy atom. The number of aryl methyl sites for hydroxylation is 2. The minimum atomic E-state index is -5.08. The molecule has 3 N–H and O–H groups in total. The number of aromatic carboxylic acids is 1. The third-order valence-electron chi connectivity index (χ3n) is 5.69. The summed E-state index contributed by atoms with van der Waals surface area (Å²) >= 11 is 0. The van der Waals surface area contributed by atoms with Gasteiger partial charge in [-0.15, -0.1) is 0 Å². The molecular formula is C26H34F3N3O6S. The highest BCUT2D eigenvalue weighted by molar-refractivity contribution is 7.92. The molecule has 39 heavy (non-hydrogen) atoms. The predicted molar refractivity (Wildman–Crippen MR) is 141 cm³/mol. The number of benzene rings is 1. The van der Waals surface area contributed by atoms with E-state index in [-0.39, 0.29) is 16.1 Å². The van der Waals surface area contributed by atoms with Gasteiger partial charge in [-0.2, -0.15) is 13.2 Å². The number of pyridine rings is 1. The van der Waals surface area contributed by atoms with Gasteiger partial charge in [0.15, 0.2) is 0 Å². The Hall–Kier alpha value is -3.35. The second-order valence-electron chi connectivity index (χ2n) is 10.1. The van der Waals surface area contributed by atoms with E-state index in [4.69, 9.17) is 9.90 Å². The van der Waals surface area contributed by atoms with Gasteiger partial charge in [-0.05, 0) is 66.8 Å². The van der Waals surface area contributed by atoms with E-state index in [0.29, 0.717) is 30.7 Å². The van der Waals surface area contributed by atoms with Gasteiger partial charge in [-0.1, -0.05) is 33.8 Å². The number of nitrogens with zero attached hydrogens (tertiary/aromatic N) is 2.